The van der Waals surface area contributed by atoms with Crippen LogP contribution in [0, 0.1) is 6.92 Å². The van der Waals surface area contributed by atoms with Crippen LogP contribution in [-0.4, -0.2) is 42.7 Å². The van der Waals surface area contributed by atoms with E-state index >= 15 is 0 Å². The lowest BCUT2D eigenvalue weighted by Crippen LogP contribution is -2.56. The number of aliphatic hydroxyl groups excluding tert-OH is 1. The summed E-state index contributed by atoms with van der Waals surface area (Å²) in [4.78, 5) is 12.6. The first-order valence-electron chi connectivity index (χ1n) is 8.23. The molecule has 0 radical (unpaired) electrons. The second-order valence-corrected chi connectivity index (χ2v) is 6.28. The van der Waals surface area contributed by atoms with E-state index in [1.807, 2.05) is 37.3 Å². The zero-order valence-corrected chi connectivity index (χ0v) is 13.8. The van der Waals surface area contributed by atoms with Gasteiger partial charge in [-0.25, -0.2) is 4.68 Å². The quantitative estimate of drug-likeness (QED) is 0.755. The Balaban J connectivity index is 1.51. The van der Waals surface area contributed by atoms with E-state index in [2.05, 4.69) is 15.5 Å². The maximum atomic E-state index is 12.6. The predicted octanol–water partition coefficient (Wildman–Crippen LogP) is 1.48. The van der Waals surface area contributed by atoms with Gasteiger partial charge in [-0.05, 0) is 37.6 Å². The van der Waals surface area contributed by atoms with E-state index in [0.29, 0.717) is 12.1 Å². The molecule has 0 bridgehead atoms. The molecule has 1 fully saturated rings. The van der Waals surface area contributed by atoms with Gasteiger partial charge in [0.25, 0.3) is 5.91 Å². The van der Waals surface area contributed by atoms with Gasteiger partial charge >= 0.3 is 0 Å². The molecule has 7 heteroatoms. The average molecular weight is 337 g/mol. The summed E-state index contributed by atoms with van der Waals surface area (Å²) < 4.78 is 3.43. The number of benzene rings is 1. The molecule has 0 spiro atoms. The van der Waals surface area contributed by atoms with Gasteiger partial charge in [-0.1, -0.05) is 18.2 Å². The summed E-state index contributed by atoms with van der Waals surface area (Å²) in [7, 11) is 0. The highest BCUT2D eigenvalue weighted by Gasteiger charge is 2.42. The molecule has 128 valence electrons. The molecular weight excluding hydrogens is 318 g/mol. The first-order chi connectivity index (χ1) is 12.1. The third kappa shape index (κ3) is 2.83. The summed E-state index contributed by atoms with van der Waals surface area (Å²) in [6, 6.07) is 12.8. The van der Waals surface area contributed by atoms with Crippen LogP contribution in [0.1, 0.15) is 28.6 Å². The summed E-state index contributed by atoms with van der Waals surface area (Å²) in [5, 5.41) is 21.5. The van der Waals surface area contributed by atoms with Crippen molar-refractivity contribution in [2.75, 3.05) is 0 Å². The Morgan fingerprint density at radius 3 is 2.76 bits per heavy atom. The lowest BCUT2D eigenvalue weighted by Gasteiger charge is -2.41. The van der Waals surface area contributed by atoms with Gasteiger partial charge in [-0.3, -0.25) is 9.48 Å². The number of aryl methyl sites for hydroxylation is 1. The number of aromatic nitrogens is 4. The third-order valence-corrected chi connectivity index (χ3v) is 4.57. The zero-order chi connectivity index (χ0) is 17.4. The fourth-order valence-electron chi connectivity index (χ4n) is 3.23. The summed E-state index contributed by atoms with van der Waals surface area (Å²) >= 11 is 0. The summed E-state index contributed by atoms with van der Waals surface area (Å²) in [6.45, 7) is 1.91. The van der Waals surface area contributed by atoms with Crippen LogP contribution in [0.25, 0.3) is 5.69 Å². The first kappa shape index (κ1) is 15.6. The smallest absolute Gasteiger partial charge is 0.272 e. The van der Waals surface area contributed by atoms with Crippen LogP contribution in [0.5, 0.6) is 0 Å². The molecule has 4 rings (SSSR count). The van der Waals surface area contributed by atoms with E-state index in [1.165, 1.54) is 0 Å². The SMILES string of the molecule is Cc1cc(C(=O)N[C@H]2C[C@@H](O)[C@@H]2n2cccn2)nn1-c1ccccc1. The first-order valence-corrected chi connectivity index (χ1v) is 8.23. The van der Waals surface area contributed by atoms with Crippen LogP contribution in [0.2, 0.25) is 0 Å². The highest BCUT2D eigenvalue weighted by molar-refractivity contribution is 5.92. The average Bonchev–Trinajstić information content (AvgIpc) is 3.25. The molecule has 0 aliphatic heterocycles. The molecular formula is C18H19N5O2. The molecule has 0 unspecified atom stereocenters. The Morgan fingerprint density at radius 1 is 1.28 bits per heavy atom. The van der Waals surface area contributed by atoms with Crippen LogP contribution in [0.3, 0.4) is 0 Å². The van der Waals surface area contributed by atoms with Crippen molar-refractivity contribution >= 4 is 5.91 Å². The van der Waals surface area contributed by atoms with Crippen LogP contribution in [0.4, 0.5) is 0 Å². The minimum atomic E-state index is -0.506. The number of carbonyl (C=O) groups excluding carboxylic acids is 1. The Bertz CT molecular complexity index is 872. The van der Waals surface area contributed by atoms with Crippen molar-refractivity contribution in [2.45, 2.75) is 31.5 Å². The van der Waals surface area contributed by atoms with E-state index in [-0.39, 0.29) is 18.0 Å². The second-order valence-electron chi connectivity index (χ2n) is 6.28. The fraction of sp³-hybridized carbons (Fsp3) is 0.278. The Labute approximate surface area is 144 Å². The maximum absolute atomic E-state index is 12.6. The van der Waals surface area contributed by atoms with E-state index in [1.54, 1.807) is 33.9 Å². The van der Waals surface area contributed by atoms with E-state index in [9.17, 15) is 9.90 Å². The number of nitrogens with one attached hydrogen (secondary N) is 1. The third-order valence-electron chi connectivity index (χ3n) is 4.57. The van der Waals surface area contributed by atoms with Gasteiger partial charge < -0.3 is 10.4 Å². The minimum absolute atomic E-state index is 0.162. The molecule has 0 saturated heterocycles. The highest BCUT2D eigenvalue weighted by Crippen LogP contribution is 2.32. The molecule has 1 aliphatic carbocycles. The van der Waals surface area contributed by atoms with Crippen LogP contribution >= 0.6 is 0 Å². The number of nitrogens with zero attached hydrogens (tertiary/aromatic N) is 4. The number of amides is 1. The summed E-state index contributed by atoms with van der Waals surface area (Å²) in [6.07, 6.45) is 3.46. The van der Waals surface area contributed by atoms with Crippen molar-refractivity contribution in [1.29, 1.82) is 0 Å². The molecule has 25 heavy (non-hydrogen) atoms. The number of hydrogen-bond acceptors (Lipinski definition) is 4. The molecule has 1 amide bonds. The lowest BCUT2D eigenvalue weighted by molar-refractivity contribution is -0.00595. The molecule has 1 saturated carbocycles. The molecule has 7 nitrogen and oxygen atoms in total. The number of hydrogen-bond donors (Lipinski definition) is 2. The number of aliphatic hydroxyl groups is 1. The standard InChI is InChI=1S/C18H19N5O2/c1-12-10-15(21-23(12)13-6-3-2-4-7-13)18(25)20-14-11-16(24)17(14)22-9-5-8-19-22/h2-10,14,16-17,24H,11H2,1H3,(H,20,25)/t14-,16+,17+/m0/s1. The number of carbonyl (C=O) groups is 1. The topological polar surface area (TPSA) is 85.0 Å². The van der Waals surface area contributed by atoms with Crippen molar-refractivity contribution in [3.63, 3.8) is 0 Å². The molecule has 2 N–H and O–H groups in total. The van der Waals surface area contributed by atoms with E-state index < -0.39 is 6.10 Å². The van der Waals surface area contributed by atoms with Crippen molar-refractivity contribution in [2.24, 2.45) is 0 Å². The van der Waals surface area contributed by atoms with E-state index in [0.717, 1.165) is 11.4 Å². The van der Waals surface area contributed by atoms with Crippen LogP contribution in [-0.2, 0) is 0 Å². The van der Waals surface area contributed by atoms with Gasteiger partial charge in [-0.2, -0.15) is 10.2 Å². The number of rotatable bonds is 4. The predicted molar refractivity (Wildman–Crippen MR) is 91.4 cm³/mol. The van der Waals surface area contributed by atoms with Gasteiger partial charge in [-0.15, -0.1) is 0 Å². The highest BCUT2D eigenvalue weighted by atomic mass is 16.3. The van der Waals surface area contributed by atoms with Gasteiger partial charge in [0.05, 0.1) is 23.9 Å². The zero-order valence-electron chi connectivity index (χ0n) is 13.8. The number of para-hydroxylation sites is 1. The van der Waals surface area contributed by atoms with Gasteiger partial charge in [0.15, 0.2) is 5.69 Å². The Hall–Kier alpha value is -2.93. The van der Waals surface area contributed by atoms with Crippen LogP contribution in [0.15, 0.2) is 54.9 Å². The van der Waals surface area contributed by atoms with Crippen molar-refractivity contribution in [3.05, 3.63) is 66.2 Å². The minimum Gasteiger partial charge on any atom is -0.391 e. The molecule has 3 aromatic rings. The lowest BCUT2D eigenvalue weighted by atomic mass is 9.83. The second kappa shape index (κ2) is 6.18. The van der Waals surface area contributed by atoms with Crippen LogP contribution < -0.4 is 5.32 Å². The van der Waals surface area contributed by atoms with Crippen molar-refractivity contribution in [1.82, 2.24) is 24.9 Å². The molecule has 3 atom stereocenters. The Morgan fingerprint density at radius 2 is 2.08 bits per heavy atom. The van der Waals surface area contributed by atoms with E-state index in [4.69, 9.17) is 0 Å². The summed E-state index contributed by atoms with van der Waals surface area (Å²) in [5.74, 6) is -0.244. The van der Waals surface area contributed by atoms with Crippen molar-refractivity contribution in [3.8, 4) is 5.69 Å². The molecule has 1 aliphatic rings. The maximum Gasteiger partial charge on any atom is 0.272 e. The Kier molecular flexibility index (Phi) is 3.85. The van der Waals surface area contributed by atoms with Gasteiger partial charge in [0.1, 0.15) is 0 Å². The molecule has 1 aromatic carbocycles. The van der Waals surface area contributed by atoms with Gasteiger partial charge in [0, 0.05) is 18.1 Å². The largest absolute Gasteiger partial charge is 0.391 e. The normalized spacial score (nSPS) is 22.4. The molecule has 2 aromatic heterocycles. The molecule has 2 heterocycles. The summed E-state index contributed by atoms with van der Waals surface area (Å²) in [5.41, 5.74) is 2.16. The van der Waals surface area contributed by atoms with Gasteiger partial charge in [0.2, 0.25) is 0 Å². The monoisotopic (exact) mass is 337 g/mol. The fourth-order valence-corrected chi connectivity index (χ4v) is 3.23. The van der Waals surface area contributed by atoms with Crippen molar-refractivity contribution < 1.29 is 9.90 Å².